The van der Waals surface area contributed by atoms with Crippen molar-refractivity contribution in [3.8, 4) is 5.75 Å². The summed E-state index contributed by atoms with van der Waals surface area (Å²) in [5.74, 6) is 0.0545. The number of benzene rings is 2. The summed E-state index contributed by atoms with van der Waals surface area (Å²) in [4.78, 5) is 22.4. The molecule has 2 aromatic rings. The van der Waals surface area contributed by atoms with Crippen LogP contribution in [0.2, 0.25) is 5.02 Å². The van der Waals surface area contributed by atoms with Gasteiger partial charge in [-0.05, 0) is 43.7 Å². The number of ether oxygens (including phenoxy) is 1. The zero-order valence-electron chi connectivity index (χ0n) is 13.6. The van der Waals surface area contributed by atoms with Crippen molar-refractivity contribution in [2.75, 3.05) is 0 Å². The summed E-state index contributed by atoms with van der Waals surface area (Å²) in [5, 5.41) is 15.2. The van der Waals surface area contributed by atoms with Crippen LogP contribution in [0.1, 0.15) is 18.1 Å². The van der Waals surface area contributed by atoms with E-state index in [0.29, 0.717) is 10.8 Å². The molecule has 130 valence electrons. The number of nitro groups is 1. The number of carbonyl (C=O) groups is 1. The number of para-hydroxylation sites is 1. The number of aryl methyl sites for hydroxylation is 1. The highest BCUT2D eigenvalue weighted by molar-refractivity contribution is 6.30. The average Bonchev–Trinajstić information content (AvgIpc) is 2.57. The van der Waals surface area contributed by atoms with Crippen molar-refractivity contribution in [2.24, 2.45) is 5.10 Å². The van der Waals surface area contributed by atoms with Crippen molar-refractivity contribution in [3.63, 3.8) is 0 Å². The van der Waals surface area contributed by atoms with Gasteiger partial charge in [-0.15, -0.1) is 0 Å². The molecular weight excluding hydrogens is 346 g/mol. The van der Waals surface area contributed by atoms with Crippen LogP contribution in [0.4, 0.5) is 5.69 Å². The maximum atomic E-state index is 12.0. The highest BCUT2D eigenvalue weighted by atomic mass is 35.5. The Morgan fingerprint density at radius 1 is 1.36 bits per heavy atom. The summed E-state index contributed by atoms with van der Waals surface area (Å²) in [5.41, 5.74) is 3.30. The van der Waals surface area contributed by atoms with Gasteiger partial charge in [0.15, 0.2) is 6.10 Å². The van der Waals surface area contributed by atoms with Gasteiger partial charge in [-0.1, -0.05) is 23.7 Å². The Labute approximate surface area is 149 Å². The van der Waals surface area contributed by atoms with Crippen LogP contribution >= 0.6 is 11.6 Å². The topological polar surface area (TPSA) is 93.8 Å². The van der Waals surface area contributed by atoms with Gasteiger partial charge in [0.2, 0.25) is 0 Å². The number of nitrogens with zero attached hydrogens (tertiary/aromatic N) is 2. The van der Waals surface area contributed by atoms with Crippen LogP contribution in [-0.4, -0.2) is 23.1 Å². The monoisotopic (exact) mass is 361 g/mol. The average molecular weight is 362 g/mol. The number of rotatable bonds is 6. The Bertz CT molecular complexity index is 823. The molecule has 1 unspecified atom stereocenters. The van der Waals surface area contributed by atoms with E-state index in [0.717, 1.165) is 5.56 Å². The van der Waals surface area contributed by atoms with E-state index in [4.69, 9.17) is 16.3 Å². The van der Waals surface area contributed by atoms with E-state index < -0.39 is 16.9 Å². The Kier molecular flexibility index (Phi) is 6.08. The Hall–Kier alpha value is -2.93. The van der Waals surface area contributed by atoms with Crippen molar-refractivity contribution in [1.82, 2.24) is 5.43 Å². The Balaban J connectivity index is 1.99. The molecule has 0 aliphatic heterocycles. The molecule has 8 heteroatoms. The van der Waals surface area contributed by atoms with Crippen molar-refractivity contribution in [3.05, 3.63) is 68.7 Å². The minimum Gasteiger partial charge on any atom is -0.481 e. The molecule has 2 aromatic carbocycles. The summed E-state index contributed by atoms with van der Waals surface area (Å²) < 4.78 is 5.57. The van der Waals surface area contributed by atoms with E-state index in [1.54, 1.807) is 37.3 Å². The summed E-state index contributed by atoms with van der Waals surface area (Å²) >= 11 is 5.88. The van der Waals surface area contributed by atoms with E-state index in [-0.39, 0.29) is 11.3 Å². The molecule has 0 saturated heterocycles. The molecule has 7 nitrogen and oxygen atoms in total. The van der Waals surface area contributed by atoms with E-state index in [1.165, 1.54) is 18.3 Å². The number of hydrogen-bond acceptors (Lipinski definition) is 5. The smallest absolute Gasteiger partial charge is 0.280 e. The predicted molar refractivity (Wildman–Crippen MR) is 95.1 cm³/mol. The second-order valence-electron chi connectivity index (χ2n) is 5.22. The number of amides is 1. The molecular formula is C17H16ClN3O4. The number of hydrazone groups is 1. The molecule has 0 saturated carbocycles. The normalized spacial score (nSPS) is 12.0. The summed E-state index contributed by atoms with van der Waals surface area (Å²) in [6, 6.07) is 11.2. The zero-order valence-corrected chi connectivity index (χ0v) is 14.4. The van der Waals surface area contributed by atoms with Crippen LogP contribution in [0.15, 0.2) is 47.6 Å². The van der Waals surface area contributed by atoms with Gasteiger partial charge in [0.1, 0.15) is 5.75 Å². The molecule has 1 N–H and O–H groups in total. The first-order valence-electron chi connectivity index (χ1n) is 7.37. The maximum absolute atomic E-state index is 12.0. The second kappa shape index (κ2) is 8.25. The third kappa shape index (κ3) is 5.02. The number of hydrogen-bond donors (Lipinski definition) is 1. The van der Waals surface area contributed by atoms with Gasteiger partial charge in [0, 0.05) is 11.1 Å². The second-order valence-corrected chi connectivity index (χ2v) is 5.66. The molecule has 0 bridgehead atoms. The third-order valence-corrected chi connectivity index (χ3v) is 3.56. The van der Waals surface area contributed by atoms with Gasteiger partial charge in [-0.2, -0.15) is 5.10 Å². The largest absolute Gasteiger partial charge is 0.481 e. The quantitative estimate of drug-likeness (QED) is 0.484. The lowest BCUT2D eigenvalue weighted by Crippen LogP contribution is -2.33. The molecule has 0 aliphatic rings. The SMILES string of the molecule is Cc1cc(Cl)ccc1OC(C)C(=O)NN=Cc1ccccc1[N+](=O)[O-]. The molecule has 0 aromatic heterocycles. The minimum atomic E-state index is -0.803. The van der Waals surface area contributed by atoms with Gasteiger partial charge in [-0.3, -0.25) is 14.9 Å². The first-order chi connectivity index (χ1) is 11.9. The molecule has 0 aliphatic carbocycles. The molecule has 0 radical (unpaired) electrons. The van der Waals surface area contributed by atoms with Crippen LogP contribution in [0.5, 0.6) is 5.75 Å². The van der Waals surface area contributed by atoms with E-state index in [2.05, 4.69) is 10.5 Å². The fourth-order valence-electron chi connectivity index (χ4n) is 2.01. The van der Waals surface area contributed by atoms with Gasteiger partial charge in [-0.25, -0.2) is 5.43 Å². The first-order valence-corrected chi connectivity index (χ1v) is 7.75. The van der Waals surface area contributed by atoms with E-state index in [1.807, 2.05) is 6.92 Å². The fourth-order valence-corrected chi connectivity index (χ4v) is 2.23. The Morgan fingerprint density at radius 3 is 2.76 bits per heavy atom. The van der Waals surface area contributed by atoms with Gasteiger partial charge in [0.05, 0.1) is 16.7 Å². The summed E-state index contributed by atoms with van der Waals surface area (Å²) in [7, 11) is 0. The zero-order chi connectivity index (χ0) is 18.4. The molecule has 1 atom stereocenters. The van der Waals surface area contributed by atoms with Gasteiger partial charge >= 0.3 is 0 Å². The maximum Gasteiger partial charge on any atom is 0.280 e. The number of nitro benzene ring substituents is 1. The van der Waals surface area contributed by atoms with E-state index >= 15 is 0 Å². The predicted octanol–water partition coefficient (Wildman–Crippen LogP) is 3.47. The van der Waals surface area contributed by atoms with Gasteiger partial charge in [0.25, 0.3) is 11.6 Å². The van der Waals surface area contributed by atoms with Crippen molar-refractivity contribution in [2.45, 2.75) is 20.0 Å². The lowest BCUT2D eigenvalue weighted by molar-refractivity contribution is -0.385. The summed E-state index contributed by atoms with van der Waals surface area (Å²) in [6.45, 7) is 3.39. The minimum absolute atomic E-state index is 0.0958. The first kappa shape index (κ1) is 18.4. The lowest BCUT2D eigenvalue weighted by Gasteiger charge is -2.14. The van der Waals surface area contributed by atoms with Crippen LogP contribution in [0.25, 0.3) is 0 Å². The van der Waals surface area contributed by atoms with Crippen molar-refractivity contribution in [1.29, 1.82) is 0 Å². The number of nitrogens with one attached hydrogen (secondary N) is 1. The molecule has 0 fully saturated rings. The van der Waals surface area contributed by atoms with Crippen LogP contribution in [-0.2, 0) is 4.79 Å². The van der Waals surface area contributed by atoms with Crippen molar-refractivity contribution >= 4 is 29.4 Å². The number of carbonyl (C=O) groups excluding carboxylic acids is 1. The molecule has 1 amide bonds. The van der Waals surface area contributed by atoms with Crippen LogP contribution < -0.4 is 10.2 Å². The molecule has 25 heavy (non-hydrogen) atoms. The van der Waals surface area contributed by atoms with Crippen LogP contribution in [0, 0.1) is 17.0 Å². The van der Waals surface area contributed by atoms with Gasteiger partial charge < -0.3 is 4.74 Å². The van der Waals surface area contributed by atoms with E-state index in [9.17, 15) is 14.9 Å². The molecule has 2 rings (SSSR count). The van der Waals surface area contributed by atoms with Crippen LogP contribution in [0.3, 0.4) is 0 Å². The number of halogens is 1. The highest BCUT2D eigenvalue weighted by Crippen LogP contribution is 2.22. The standard InChI is InChI=1S/C17H16ClN3O4/c1-11-9-14(18)7-8-16(11)25-12(2)17(22)20-19-10-13-5-3-4-6-15(13)21(23)24/h3-10,12H,1-2H3,(H,20,22). The fraction of sp³-hybridized carbons (Fsp3) is 0.176. The molecule has 0 spiro atoms. The van der Waals surface area contributed by atoms with Crippen molar-refractivity contribution < 1.29 is 14.5 Å². The third-order valence-electron chi connectivity index (χ3n) is 3.32. The summed E-state index contributed by atoms with van der Waals surface area (Å²) in [6.07, 6.45) is 0.416. The molecule has 0 heterocycles. The Morgan fingerprint density at radius 2 is 2.08 bits per heavy atom. The highest BCUT2D eigenvalue weighted by Gasteiger charge is 2.15. The lowest BCUT2D eigenvalue weighted by atomic mass is 10.2.